The summed E-state index contributed by atoms with van der Waals surface area (Å²) in [6.45, 7) is 1.85. The van der Waals surface area contributed by atoms with Gasteiger partial charge in [0.1, 0.15) is 0 Å². The predicted molar refractivity (Wildman–Crippen MR) is 64.3 cm³/mol. The zero-order chi connectivity index (χ0) is 13.5. The van der Waals surface area contributed by atoms with Gasteiger partial charge in [-0.15, -0.1) is 0 Å². The van der Waals surface area contributed by atoms with Crippen LogP contribution >= 0.6 is 0 Å². The van der Waals surface area contributed by atoms with Crippen LogP contribution in [0.2, 0.25) is 0 Å². The lowest BCUT2D eigenvalue weighted by molar-refractivity contribution is 0.237. The zero-order valence-corrected chi connectivity index (χ0v) is 10.0. The molecule has 6 heteroatoms. The van der Waals surface area contributed by atoms with Gasteiger partial charge >= 0.3 is 6.03 Å². The molecule has 0 spiro atoms. The third kappa shape index (κ3) is 4.29. The van der Waals surface area contributed by atoms with Crippen molar-refractivity contribution in [1.82, 2.24) is 5.32 Å². The van der Waals surface area contributed by atoms with Crippen LogP contribution < -0.4 is 10.6 Å². The van der Waals surface area contributed by atoms with E-state index in [1.807, 2.05) is 6.92 Å². The number of amides is 2. The molecular formula is C12H16F2N2O2. The Morgan fingerprint density at radius 2 is 2.11 bits per heavy atom. The van der Waals surface area contributed by atoms with E-state index in [0.717, 1.165) is 12.1 Å². The van der Waals surface area contributed by atoms with Crippen LogP contribution in [0.3, 0.4) is 0 Å². The number of halogens is 2. The van der Waals surface area contributed by atoms with Gasteiger partial charge in [0.25, 0.3) is 0 Å². The first-order valence-electron chi connectivity index (χ1n) is 5.70. The van der Waals surface area contributed by atoms with Gasteiger partial charge in [-0.25, -0.2) is 13.6 Å². The van der Waals surface area contributed by atoms with Gasteiger partial charge < -0.3 is 15.7 Å². The van der Waals surface area contributed by atoms with Crippen molar-refractivity contribution in [3.63, 3.8) is 0 Å². The highest BCUT2D eigenvalue weighted by atomic mass is 19.2. The lowest BCUT2D eigenvalue weighted by Gasteiger charge is -2.16. The smallest absolute Gasteiger partial charge is 0.319 e. The summed E-state index contributed by atoms with van der Waals surface area (Å²) in [5.74, 6) is -1.98. The minimum Gasteiger partial charge on any atom is -0.396 e. The van der Waals surface area contributed by atoms with E-state index < -0.39 is 17.7 Å². The Balaban J connectivity index is 2.55. The molecule has 100 valence electrons. The van der Waals surface area contributed by atoms with Crippen molar-refractivity contribution in [3.05, 3.63) is 29.8 Å². The molecule has 0 radical (unpaired) electrons. The predicted octanol–water partition coefficient (Wildman–Crippen LogP) is 2.25. The van der Waals surface area contributed by atoms with Crippen LogP contribution in [0.4, 0.5) is 19.3 Å². The second kappa shape index (κ2) is 6.90. The Hall–Kier alpha value is -1.69. The highest BCUT2D eigenvalue weighted by Crippen LogP contribution is 2.13. The Morgan fingerprint density at radius 1 is 1.39 bits per heavy atom. The summed E-state index contributed by atoms with van der Waals surface area (Å²) in [6.07, 6.45) is 1.12. The average Bonchev–Trinajstić information content (AvgIpc) is 2.33. The quantitative estimate of drug-likeness (QED) is 0.758. The van der Waals surface area contributed by atoms with Gasteiger partial charge in [0.15, 0.2) is 11.6 Å². The molecule has 0 aliphatic rings. The molecule has 0 aromatic heterocycles. The molecule has 1 aromatic rings. The third-order valence-electron chi connectivity index (χ3n) is 2.48. The van der Waals surface area contributed by atoms with Crippen molar-refractivity contribution in [2.45, 2.75) is 25.8 Å². The summed E-state index contributed by atoms with van der Waals surface area (Å²) in [6, 6.07) is 2.45. The maximum Gasteiger partial charge on any atom is 0.319 e. The van der Waals surface area contributed by atoms with Crippen LogP contribution in [0.25, 0.3) is 0 Å². The van der Waals surface area contributed by atoms with Gasteiger partial charge in [0.05, 0.1) is 0 Å². The van der Waals surface area contributed by atoms with E-state index in [1.54, 1.807) is 0 Å². The Bertz CT molecular complexity index is 413. The Labute approximate surface area is 104 Å². The normalized spacial score (nSPS) is 12.0. The molecule has 1 rings (SSSR count). The third-order valence-corrected chi connectivity index (χ3v) is 2.48. The van der Waals surface area contributed by atoms with Crippen molar-refractivity contribution < 1.29 is 18.7 Å². The molecule has 0 aliphatic heterocycles. The number of urea groups is 1. The highest BCUT2D eigenvalue weighted by molar-refractivity contribution is 5.89. The van der Waals surface area contributed by atoms with Crippen molar-refractivity contribution >= 4 is 11.7 Å². The van der Waals surface area contributed by atoms with E-state index >= 15 is 0 Å². The number of nitrogens with one attached hydrogen (secondary N) is 2. The van der Waals surface area contributed by atoms with Gasteiger partial charge in [-0.05, 0) is 25.0 Å². The summed E-state index contributed by atoms with van der Waals surface area (Å²) in [4.78, 5) is 11.5. The number of hydrogen-bond donors (Lipinski definition) is 3. The molecule has 4 nitrogen and oxygen atoms in total. The minimum absolute atomic E-state index is 0.0238. The number of anilines is 1. The maximum atomic E-state index is 12.9. The molecule has 0 saturated heterocycles. The van der Waals surface area contributed by atoms with Crippen molar-refractivity contribution in [1.29, 1.82) is 0 Å². The average molecular weight is 258 g/mol. The van der Waals surface area contributed by atoms with Crippen molar-refractivity contribution in [3.8, 4) is 0 Å². The van der Waals surface area contributed by atoms with Crippen LogP contribution in [0.5, 0.6) is 0 Å². The molecule has 2 amide bonds. The largest absolute Gasteiger partial charge is 0.396 e. The van der Waals surface area contributed by atoms with Gasteiger partial charge in [-0.1, -0.05) is 6.92 Å². The monoisotopic (exact) mass is 258 g/mol. The standard InChI is InChI=1S/C12H16F2N2O2/c1-2-8(5-6-17)15-12(18)16-9-3-4-10(13)11(14)7-9/h3-4,7-8,17H,2,5-6H2,1H3,(H2,15,16,18). The number of carbonyl (C=O) groups excluding carboxylic acids is 1. The van der Waals surface area contributed by atoms with Gasteiger partial charge in [0, 0.05) is 24.4 Å². The molecule has 1 unspecified atom stereocenters. The first kappa shape index (κ1) is 14.4. The summed E-state index contributed by atoms with van der Waals surface area (Å²) in [7, 11) is 0. The van der Waals surface area contributed by atoms with E-state index in [2.05, 4.69) is 10.6 Å². The fourth-order valence-electron chi connectivity index (χ4n) is 1.46. The molecule has 0 saturated carbocycles. The van der Waals surface area contributed by atoms with E-state index in [0.29, 0.717) is 12.8 Å². The number of rotatable bonds is 5. The van der Waals surface area contributed by atoms with Crippen molar-refractivity contribution in [2.75, 3.05) is 11.9 Å². The fourth-order valence-corrected chi connectivity index (χ4v) is 1.46. The molecule has 3 N–H and O–H groups in total. The Morgan fingerprint density at radius 3 is 2.67 bits per heavy atom. The molecule has 1 atom stereocenters. The second-order valence-corrected chi connectivity index (χ2v) is 3.84. The van der Waals surface area contributed by atoms with Gasteiger partial charge in [0.2, 0.25) is 0 Å². The highest BCUT2D eigenvalue weighted by Gasteiger charge is 2.10. The maximum absolute atomic E-state index is 12.9. The van der Waals surface area contributed by atoms with Gasteiger partial charge in [-0.3, -0.25) is 0 Å². The lowest BCUT2D eigenvalue weighted by atomic mass is 10.2. The summed E-state index contributed by atoms with van der Waals surface area (Å²) >= 11 is 0. The number of aliphatic hydroxyl groups is 1. The SMILES string of the molecule is CCC(CCO)NC(=O)Nc1ccc(F)c(F)c1. The molecule has 0 bridgehead atoms. The number of aliphatic hydroxyl groups excluding tert-OH is 1. The van der Waals surface area contributed by atoms with Crippen molar-refractivity contribution in [2.24, 2.45) is 0 Å². The van der Waals surface area contributed by atoms with Crippen LogP contribution in [-0.2, 0) is 0 Å². The molecule has 18 heavy (non-hydrogen) atoms. The number of benzene rings is 1. The minimum atomic E-state index is -1.02. The molecule has 1 aromatic carbocycles. The molecule has 0 heterocycles. The summed E-state index contributed by atoms with van der Waals surface area (Å²) in [5, 5.41) is 13.8. The Kier molecular flexibility index (Phi) is 5.51. The van der Waals surface area contributed by atoms with E-state index in [-0.39, 0.29) is 18.3 Å². The first-order valence-corrected chi connectivity index (χ1v) is 5.70. The van der Waals surface area contributed by atoms with Crippen LogP contribution in [0, 0.1) is 11.6 Å². The molecule has 0 aliphatic carbocycles. The molecule has 0 fully saturated rings. The van der Waals surface area contributed by atoms with E-state index in [1.165, 1.54) is 6.07 Å². The molecular weight excluding hydrogens is 242 g/mol. The van der Waals surface area contributed by atoms with E-state index in [4.69, 9.17) is 5.11 Å². The second-order valence-electron chi connectivity index (χ2n) is 3.84. The number of hydrogen-bond acceptors (Lipinski definition) is 2. The summed E-state index contributed by atoms with van der Waals surface area (Å²) in [5.41, 5.74) is 0.172. The van der Waals surface area contributed by atoms with Crippen LogP contribution in [0.1, 0.15) is 19.8 Å². The lowest BCUT2D eigenvalue weighted by Crippen LogP contribution is -2.38. The van der Waals surface area contributed by atoms with Crippen LogP contribution in [0.15, 0.2) is 18.2 Å². The van der Waals surface area contributed by atoms with E-state index in [9.17, 15) is 13.6 Å². The van der Waals surface area contributed by atoms with Crippen LogP contribution in [-0.4, -0.2) is 23.8 Å². The topological polar surface area (TPSA) is 61.4 Å². The zero-order valence-electron chi connectivity index (χ0n) is 10.0. The number of carbonyl (C=O) groups is 1. The van der Waals surface area contributed by atoms with Gasteiger partial charge in [-0.2, -0.15) is 0 Å². The summed E-state index contributed by atoms with van der Waals surface area (Å²) < 4.78 is 25.6. The fraction of sp³-hybridized carbons (Fsp3) is 0.417. The first-order chi connectivity index (χ1) is 8.56.